The molecule has 3 aromatic heterocycles. The van der Waals surface area contributed by atoms with Crippen LogP contribution in [0.3, 0.4) is 0 Å². The van der Waals surface area contributed by atoms with E-state index in [1.54, 1.807) is 13.2 Å². The summed E-state index contributed by atoms with van der Waals surface area (Å²) in [5.41, 5.74) is -0.841. The molecule has 13 heteroatoms. The third-order valence-electron chi connectivity index (χ3n) is 8.33. The molecule has 3 fully saturated rings. The number of aryl methyl sites for hydroxylation is 1. The molecular formula is C24H29F2N7O3S. The summed E-state index contributed by atoms with van der Waals surface area (Å²) in [5, 5.41) is 7.72. The molecule has 1 saturated heterocycles. The van der Waals surface area contributed by atoms with Crippen molar-refractivity contribution < 1.29 is 17.2 Å². The Kier molecular flexibility index (Phi) is 5.82. The van der Waals surface area contributed by atoms with E-state index in [1.165, 1.54) is 31.9 Å². The average Bonchev–Trinajstić information content (AvgIpc) is 3.23. The molecule has 0 unspecified atom stereocenters. The van der Waals surface area contributed by atoms with Gasteiger partial charge in [-0.05, 0) is 55.6 Å². The van der Waals surface area contributed by atoms with Gasteiger partial charge >= 0.3 is 0 Å². The second-order valence-corrected chi connectivity index (χ2v) is 12.4. The van der Waals surface area contributed by atoms with Gasteiger partial charge in [0.15, 0.2) is 5.03 Å². The van der Waals surface area contributed by atoms with Crippen molar-refractivity contribution in [3.8, 4) is 0 Å². The largest absolute Gasteiger partial charge is 0.351 e. The number of alkyl halides is 2. The highest BCUT2D eigenvalue weighted by atomic mass is 32.2. The van der Waals surface area contributed by atoms with Crippen molar-refractivity contribution in [1.82, 2.24) is 28.6 Å². The van der Waals surface area contributed by atoms with E-state index in [-0.39, 0.29) is 17.1 Å². The molecule has 4 atom stereocenters. The minimum absolute atomic E-state index is 0.0272. The molecule has 0 spiro atoms. The Morgan fingerprint density at radius 3 is 2.49 bits per heavy atom. The number of anilines is 1. The van der Waals surface area contributed by atoms with Gasteiger partial charge in [0.05, 0.1) is 5.56 Å². The van der Waals surface area contributed by atoms with Crippen LogP contribution in [-0.2, 0) is 17.1 Å². The minimum Gasteiger partial charge on any atom is -0.351 e. The van der Waals surface area contributed by atoms with Crippen LogP contribution in [0, 0.1) is 17.8 Å². The van der Waals surface area contributed by atoms with Gasteiger partial charge in [-0.25, -0.2) is 22.2 Å². The molecule has 3 aliphatic rings. The Balaban J connectivity index is 1.23. The van der Waals surface area contributed by atoms with Crippen molar-refractivity contribution in [2.45, 2.75) is 56.1 Å². The standard InChI is InChI=1S/C24H29F2N7O3S/c1-13-17-10-16(11-18(13)17)33-22-14(9-19(21(25)26)23(33)34)12-27-24(29-22)28-15-3-7-32(8-4-15)37(35,36)20-5-6-31(2)30-20/h5-6,9,12-13,15-18,21H,3-4,7-8,10-11H2,1-2H3,(H,27,28,29)/t13-,16+,17+,18-. The number of halogens is 2. The fraction of sp³-hybridized carbons (Fsp3) is 0.583. The summed E-state index contributed by atoms with van der Waals surface area (Å²) in [6.07, 6.45) is 2.86. The van der Waals surface area contributed by atoms with Gasteiger partial charge in [0.25, 0.3) is 22.0 Å². The van der Waals surface area contributed by atoms with Crippen LogP contribution in [0.2, 0.25) is 0 Å². The van der Waals surface area contributed by atoms with E-state index in [0.717, 1.165) is 12.8 Å². The van der Waals surface area contributed by atoms with Crippen LogP contribution >= 0.6 is 0 Å². The van der Waals surface area contributed by atoms with Gasteiger partial charge in [0, 0.05) is 50.0 Å². The van der Waals surface area contributed by atoms with Crippen LogP contribution in [0.5, 0.6) is 0 Å². The Morgan fingerprint density at radius 2 is 1.86 bits per heavy atom. The molecule has 10 nitrogen and oxygen atoms in total. The molecule has 37 heavy (non-hydrogen) atoms. The van der Waals surface area contributed by atoms with Crippen LogP contribution < -0.4 is 10.9 Å². The van der Waals surface area contributed by atoms with Crippen molar-refractivity contribution >= 4 is 27.0 Å². The molecule has 3 aromatic rings. The Hall–Kier alpha value is -2.93. The summed E-state index contributed by atoms with van der Waals surface area (Å²) in [7, 11) is -1.99. The number of fused-ring (bicyclic) bond motifs is 2. The molecule has 198 valence electrons. The summed E-state index contributed by atoms with van der Waals surface area (Å²) in [4.78, 5) is 22.0. The van der Waals surface area contributed by atoms with E-state index in [0.29, 0.717) is 60.7 Å². The molecule has 2 saturated carbocycles. The van der Waals surface area contributed by atoms with Gasteiger partial charge in [0.2, 0.25) is 5.95 Å². The first kappa shape index (κ1) is 24.4. The molecule has 0 bridgehead atoms. The maximum Gasteiger partial charge on any atom is 0.269 e. The summed E-state index contributed by atoms with van der Waals surface area (Å²) >= 11 is 0. The first-order valence-electron chi connectivity index (χ1n) is 12.6. The highest BCUT2D eigenvalue weighted by Gasteiger charge is 2.54. The number of pyridine rings is 1. The van der Waals surface area contributed by atoms with Crippen molar-refractivity contribution in [1.29, 1.82) is 0 Å². The summed E-state index contributed by atoms with van der Waals surface area (Å²) in [6.45, 7) is 2.82. The lowest BCUT2D eigenvalue weighted by Crippen LogP contribution is -2.42. The number of sulfonamides is 1. The first-order valence-corrected chi connectivity index (χ1v) is 14.0. The summed E-state index contributed by atoms with van der Waals surface area (Å²) < 4.78 is 57.4. The predicted octanol–water partition coefficient (Wildman–Crippen LogP) is 2.94. The molecule has 2 aliphatic carbocycles. The number of nitrogens with one attached hydrogen (secondary N) is 1. The lowest BCUT2D eigenvalue weighted by Gasteiger charge is -2.31. The maximum atomic E-state index is 13.7. The van der Waals surface area contributed by atoms with Gasteiger partial charge in [-0.3, -0.25) is 14.0 Å². The monoisotopic (exact) mass is 533 g/mol. The molecule has 0 aromatic carbocycles. The van der Waals surface area contributed by atoms with E-state index in [4.69, 9.17) is 0 Å². The first-order chi connectivity index (χ1) is 17.6. The molecule has 4 heterocycles. The molecule has 1 aliphatic heterocycles. The lowest BCUT2D eigenvalue weighted by atomic mass is 10.1. The highest BCUT2D eigenvalue weighted by Crippen LogP contribution is 2.60. The zero-order valence-electron chi connectivity index (χ0n) is 20.6. The SMILES string of the molecule is C[C@H]1[C@H]2C[C@@H](n3c(=O)c(C(F)F)cc4cnc(NC5CCN(S(=O)(=O)c6ccn(C)n6)CC5)nc43)C[C@@H]12. The molecule has 1 N–H and O–H groups in total. The van der Waals surface area contributed by atoms with Crippen LogP contribution in [0.4, 0.5) is 14.7 Å². The van der Waals surface area contributed by atoms with Crippen molar-refractivity contribution in [2.75, 3.05) is 18.4 Å². The van der Waals surface area contributed by atoms with Crippen LogP contribution in [-0.4, -0.2) is 56.2 Å². The van der Waals surface area contributed by atoms with Crippen LogP contribution in [0.1, 0.15) is 50.6 Å². The van der Waals surface area contributed by atoms with Gasteiger partial charge < -0.3 is 5.32 Å². The maximum absolute atomic E-state index is 13.7. The van der Waals surface area contributed by atoms with E-state index in [2.05, 4.69) is 27.3 Å². The number of piperidine rings is 1. The van der Waals surface area contributed by atoms with E-state index in [9.17, 15) is 22.0 Å². The number of hydrogen-bond acceptors (Lipinski definition) is 7. The third kappa shape index (κ3) is 4.21. The smallest absolute Gasteiger partial charge is 0.269 e. The zero-order chi connectivity index (χ0) is 26.1. The van der Waals surface area contributed by atoms with Gasteiger partial charge in [0.1, 0.15) is 5.65 Å². The fourth-order valence-electron chi connectivity index (χ4n) is 6.14. The van der Waals surface area contributed by atoms with Crippen molar-refractivity contribution in [2.24, 2.45) is 24.8 Å². The lowest BCUT2D eigenvalue weighted by molar-refractivity contribution is 0.149. The molecule has 0 radical (unpaired) electrons. The van der Waals surface area contributed by atoms with Gasteiger partial charge in [-0.2, -0.15) is 14.4 Å². The third-order valence-corrected chi connectivity index (χ3v) is 10.1. The zero-order valence-corrected chi connectivity index (χ0v) is 21.4. The molecule has 6 rings (SSSR count). The summed E-state index contributed by atoms with van der Waals surface area (Å²) in [5.74, 6) is 1.99. The number of aromatic nitrogens is 5. The fourth-order valence-corrected chi connectivity index (χ4v) is 7.56. The van der Waals surface area contributed by atoms with E-state index < -0.39 is 27.6 Å². The van der Waals surface area contributed by atoms with Gasteiger partial charge in [-0.15, -0.1) is 0 Å². The number of hydrogen-bond donors (Lipinski definition) is 1. The number of rotatable bonds is 6. The van der Waals surface area contributed by atoms with E-state index >= 15 is 0 Å². The Bertz CT molecular complexity index is 1500. The molecule has 0 amide bonds. The second-order valence-electron chi connectivity index (χ2n) is 10.5. The van der Waals surface area contributed by atoms with Crippen LogP contribution in [0.15, 0.2) is 34.3 Å². The predicted molar refractivity (Wildman–Crippen MR) is 132 cm³/mol. The Labute approximate surface area is 212 Å². The number of nitrogens with zero attached hydrogens (tertiary/aromatic N) is 6. The van der Waals surface area contributed by atoms with Crippen molar-refractivity contribution in [3.05, 3.63) is 40.4 Å². The minimum atomic E-state index is -3.66. The van der Waals surface area contributed by atoms with Crippen LogP contribution in [0.25, 0.3) is 11.0 Å². The second kappa shape index (κ2) is 8.83. The highest BCUT2D eigenvalue weighted by molar-refractivity contribution is 7.89. The topological polar surface area (TPSA) is 115 Å². The normalized spacial score (nSPS) is 26.6. The van der Waals surface area contributed by atoms with Crippen molar-refractivity contribution in [3.63, 3.8) is 0 Å². The summed E-state index contributed by atoms with van der Waals surface area (Å²) in [6, 6.07) is 2.45. The molecular weight excluding hydrogens is 504 g/mol. The van der Waals surface area contributed by atoms with Gasteiger partial charge in [-0.1, -0.05) is 6.92 Å². The Morgan fingerprint density at radius 1 is 1.16 bits per heavy atom. The van der Waals surface area contributed by atoms with E-state index in [1.807, 2.05) is 0 Å². The average molecular weight is 534 g/mol. The quantitative estimate of drug-likeness (QED) is 0.518.